The summed E-state index contributed by atoms with van der Waals surface area (Å²) in [5.74, 6) is 2.84. The molecule has 2 bridgehead atoms. The van der Waals surface area contributed by atoms with Crippen LogP contribution in [0.15, 0.2) is 0 Å². The lowest BCUT2D eigenvalue weighted by molar-refractivity contribution is 0.266. The molecule has 0 aromatic carbocycles. The smallest absolute Gasteiger partial charge is 0.0685 e. The summed E-state index contributed by atoms with van der Waals surface area (Å²) in [6, 6.07) is 0. The van der Waals surface area contributed by atoms with Crippen LogP contribution in [0.3, 0.4) is 0 Å². The van der Waals surface area contributed by atoms with E-state index in [-0.39, 0.29) is 0 Å². The maximum absolute atomic E-state index is 2.73. The molecule has 0 amide bonds. The highest BCUT2D eigenvalue weighted by molar-refractivity contribution is 6.40. The van der Waals surface area contributed by atoms with Crippen LogP contribution in [0.5, 0.6) is 0 Å². The van der Waals surface area contributed by atoms with Gasteiger partial charge >= 0.3 is 0 Å². The van der Waals surface area contributed by atoms with E-state index in [0.717, 1.165) is 17.6 Å². The third-order valence-electron chi connectivity index (χ3n) is 4.29. The van der Waals surface area contributed by atoms with E-state index in [1.165, 1.54) is 38.5 Å². The summed E-state index contributed by atoms with van der Waals surface area (Å²) in [4.78, 5) is 0. The number of rotatable bonds is 0. The lowest BCUT2D eigenvalue weighted by Crippen LogP contribution is -2.26. The van der Waals surface area contributed by atoms with Crippen molar-refractivity contribution in [2.75, 3.05) is 0 Å². The number of hydrogen-bond donors (Lipinski definition) is 0. The van der Waals surface area contributed by atoms with Gasteiger partial charge in [0.2, 0.25) is 0 Å². The van der Waals surface area contributed by atoms with Gasteiger partial charge in [-0.25, -0.2) is 0 Å². The van der Waals surface area contributed by atoms with Crippen molar-refractivity contribution in [3.05, 3.63) is 0 Å². The van der Waals surface area contributed by atoms with E-state index < -0.39 is 0 Å². The Hall–Kier alpha value is 0.0649. The molecular formula is C13H24B. The van der Waals surface area contributed by atoms with Crippen molar-refractivity contribution >= 4 is 7.28 Å². The molecule has 0 aliphatic carbocycles. The number of hydrogen-bond acceptors (Lipinski definition) is 0. The topological polar surface area (TPSA) is 0 Å². The molecule has 2 saturated heterocycles. The lowest BCUT2D eigenvalue weighted by Gasteiger charge is -2.35. The second kappa shape index (κ2) is 3.91. The van der Waals surface area contributed by atoms with Crippen LogP contribution in [0.4, 0.5) is 0 Å². The van der Waals surface area contributed by atoms with E-state index in [0.29, 0.717) is 5.41 Å². The summed E-state index contributed by atoms with van der Waals surface area (Å²) in [5, 5.41) is 0. The summed E-state index contributed by atoms with van der Waals surface area (Å²) < 4.78 is 0. The Bertz CT molecular complexity index is 182. The lowest BCUT2D eigenvalue weighted by atomic mass is 9.46. The summed E-state index contributed by atoms with van der Waals surface area (Å²) in [5.41, 5.74) is 0.498. The SMILES string of the molecule is CC(C)(C)C1[B]C2CCCC1CCC2. The van der Waals surface area contributed by atoms with Crippen molar-refractivity contribution in [2.45, 2.75) is 70.9 Å². The fraction of sp³-hybridized carbons (Fsp3) is 1.00. The number of fused-ring (bicyclic) bond motifs is 3. The molecule has 2 rings (SSSR count). The van der Waals surface area contributed by atoms with Gasteiger partial charge in [-0.1, -0.05) is 70.9 Å². The fourth-order valence-electron chi connectivity index (χ4n) is 3.57. The Morgan fingerprint density at radius 1 is 0.929 bits per heavy atom. The van der Waals surface area contributed by atoms with Crippen molar-refractivity contribution in [3.63, 3.8) is 0 Å². The minimum absolute atomic E-state index is 0.498. The van der Waals surface area contributed by atoms with Gasteiger partial charge in [0.15, 0.2) is 0 Å². The molecule has 2 fully saturated rings. The normalized spacial score (nSPS) is 38.6. The van der Waals surface area contributed by atoms with Crippen molar-refractivity contribution in [3.8, 4) is 0 Å². The highest BCUT2D eigenvalue weighted by Gasteiger charge is 2.37. The minimum Gasteiger partial charge on any atom is -0.0685 e. The molecule has 1 atom stereocenters. The van der Waals surface area contributed by atoms with Crippen LogP contribution in [0.2, 0.25) is 11.6 Å². The molecule has 0 spiro atoms. The Labute approximate surface area is 90.1 Å². The van der Waals surface area contributed by atoms with Crippen molar-refractivity contribution in [2.24, 2.45) is 11.3 Å². The molecule has 0 N–H and O–H groups in total. The molecule has 1 unspecified atom stereocenters. The summed E-state index contributed by atoms with van der Waals surface area (Å²) in [6.45, 7) is 7.28. The second-order valence-corrected chi connectivity index (χ2v) is 6.47. The van der Waals surface area contributed by atoms with Crippen LogP contribution in [0, 0.1) is 11.3 Å². The molecule has 14 heavy (non-hydrogen) atoms. The van der Waals surface area contributed by atoms with Crippen LogP contribution in [-0.4, -0.2) is 7.28 Å². The van der Waals surface area contributed by atoms with E-state index in [4.69, 9.17) is 0 Å². The molecule has 1 heteroatoms. The van der Waals surface area contributed by atoms with Gasteiger partial charge in [-0.3, -0.25) is 0 Å². The van der Waals surface area contributed by atoms with E-state index >= 15 is 0 Å². The molecule has 2 heterocycles. The summed E-state index contributed by atoms with van der Waals surface area (Å²) >= 11 is 0. The van der Waals surface area contributed by atoms with Crippen molar-refractivity contribution in [1.82, 2.24) is 0 Å². The van der Waals surface area contributed by atoms with E-state index in [2.05, 4.69) is 28.1 Å². The van der Waals surface area contributed by atoms with Gasteiger partial charge in [0.1, 0.15) is 7.28 Å². The quantitative estimate of drug-likeness (QED) is 0.501. The Morgan fingerprint density at radius 3 is 2.00 bits per heavy atom. The zero-order valence-corrected chi connectivity index (χ0v) is 10.1. The largest absolute Gasteiger partial charge is 0.118 e. The third kappa shape index (κ3) is 2.17. The van der Waals surface area contributed by atoms with Gasteiger partial charge < -0.3 is 0 Å². The summed E-state index contributed by atoms with van der Waals surface area (Å²) in [7, 11) is 2.73. The molecule has 2 aliphatic rings. The molecule has 79 valence electrons. The summed E-state index contributed by atoms with van der Waals surface area (Å²) in [6.07, 6.45) is 8.91. The first-order valence-electron chi connectivity index (χ1n) is 6.42. The standard InChI is InChI=1S/C13H24B/c1-13(2,3)12-10-6-4-8-11(14-12)9-5-7-10/h10-12H,4-9H2,1-3H3. The highest BCUT2D eigenvalue weighted by atomic mass is 14.3. The monoisotopic (exact) mass is 191 g/mol. The molecular weight excluding hydrogens is 167 g/mol. The van der Waals surface area contributed by atoms with E-state index in [9.17, 15) is 0 Å². The van der Waals surface area contributed by atoms with Gasteiger partial charge in [-0.15, -0.1) is 0 Å². The minimum atomic E-state index is 0.498. The zero-order valence-electron chi connectivity index (χ0n) is 10.1. The van der Waals surface area contributed by atoms with Gasteiger partial charge in [0.05, 0.1) is 0 Å². The first-order chi connectivity index (χ1) is 6.57. The maximum Gasteiger partial charge on any atom is 0.118 e. The van der Waals surface area contributed by atoms with Crippen LogP contribution in [0.1, 0.15) is 59.3 Å². The van der Waals surface area contributed by atoms with Crippen LogP contribution >= 0.6 is 0 Å². The molecule has 1 radical (unpaired) electrons. The van der Waals surface area contributed by atoms with Gasteiger partial charge in [-0.05, 0) is 11.3 Å². The molecule has 0 aromatic heterocycles. The van der Waals surface area contributed by atoms with Crippen LogP contribution < -0.4 is 0 Å². The Kier molecular flexibility index (Phi) is 2.95. The highest BCUT2D eigenvalue weighted by Crippen LogP contribution is 2.49. The van der Waals surface area contributed by atoms with Gasteiger partial charge in [-0.2, -0.15) is 0 Å². The first kappa shape index (κ1) is 10.6. The van der Waals surface area contributed by atoms with E-state index in [1.807, 2.05) is 0 Å². The van der Waals surface area contributed by atoms with Crippen molar-refractivity contribution < 1.29 is 0 Å². The van der Waals surface area contributed by atoms with Gasteiger partial charge in [0, 0.05) is 0 Å². The predicted octanol–water partition coefficient (Wildman–Crippen LogP) is 4.30. The average molecular weight is 191 g/mol. The van der Waals surface area contributed by atoms with Gasteiger partial charge in [0.25, 0.3) is 0 Å². The first-order valence-corrected chi connectivity index (χ1v) is 6.42. The molecule has 2 aliphatic heterocycles. The molecule has 0 aromatic rings. The predicted molar refractivity (Wildman–Crippen MR) is 63.9 cm³/mol. The fourth-order valence-corrected chi connectivity index (χ4v) is 3.57. The van der Waals surface area contributed by atoms with E-state index in [1.54, 1.807) is 0 Å². The Morgan fingerprint density at radius 2 is 1.50 bits per heavy atom. The average Bonchev–Trinajstić information content (AvgIpc) is 2.31. The zero-order chi connectivity index (χ0) is 10.2. The van der Waals surface area contributed by atoms with Crippen LogP contribution in [0.25, 0.3) is 0 Å². The third-order valence-corrected chi connectivity index (χ3v) is 4.29. The Balaban J connectivity index is 2.16. The molecule has 0 nitrogen and oxygen atoms in total. The second-order valence-electron chi connectivity index (χ2n) is 6.47. The van der Waals surface area contributed by atoms with Crippen LogP contribution in [-0.2, 0) is 0 Å². The molecule has 0 saturated carbocycles. The maximum atomic E-state index is 2.73. The van der Waals surface area contributed by atoms with Crippen molar-refractivity contribution in [1.29, 1.82) is 0 Å².